The molecule has 2 N–H and O–H groups in total. The van der Waals surface area contributed by atoms with Gasteiger partial charge in [0.1, 0.15) is 0 Å². The molecule has 1 aliphatic rings. The van der Waals surface area contributed by atoms with Crippen LogP contribution in [0, 0.1) is 11.3 Å². The predicted octanol–water partition coefficient (Wildman–Crippen LogP) is 3.32. The molecule has 0 unspecified atom stereocenters. The third-order valence-electron chi connectivity index (χ3n) is 3.88. The van der Waals surface area contributed by atoms with Crippen molar-refractivity contribution in [2.24, 2.45) is 11.3 Å². The van der Waals surface area contributed by atoms with Crippen LogP contribution in [0.25, 0.3) is 0 Å². The first-order valence-corrected chi connectivity index (χ1v) is 6.48. The Labute approximate surface area is 98.8 Å². The van der Waals surface area contributed by atoms with Gasteiger partial charge in [0.15, 0.2) is 0 Å². The molecule has 0 aliphatic heterocycles. The maximum atomic E-state index is 3.56. The number of H-pyrrole nitrogens is 1. The quantitative estimate of drug-likeness (QED) is 0.800. The molecule has 90 valence electrons. The van der Waals surface area contributed by atoms with Crippen LogP contribution in [0.2, 0.25) is 0 Å². The Morgan fingerprint density at radius 2 is 2.12 bits per heavy atom. The summed E-state index contributed by atoms with van der Waals surface area (Å²) in [5.74, 6) is 0.895. The largest absolute Gasteiger partial charge is 0.367 e. The van der Waals surface area contributed by atoms with Gasteiger partial charge in [-0.2, -0.15) is 0 Å². The van der Waals surface area contributed by atoms with Crippen LogP contribution < -0.4 is 5.32 Å². The van der Waals surface area contributed by atoms with Crippen molar-refractivity contribution in [1.82, 2.24) is 10.3 Å². The molecule has 0 saturated heterocycles. The summed E-state index contributed by atoms with van der Waals surface area (Å²) in [7, 11) is 0. The second-order valence-electron chi connectivity index (χ2n) is 5.96. The highest BCUT2D eigenvalue weighted by Gasteiger charge is 2.26. The van der Waals surface area contributed by atoms with Crippen LogP contribution in [-0.2, 0) is 6.54 Å². The fourth-order valence-corrected chi connectivity index (χ4v) is 2.55. The average molecular weight is 220 g/mol. The fraction of sp³-hybridized carbons (Fsp3) is 0.714. The van der Waals surface area contributed by atoms with E-state index >= 15 is 0 Å². The zero-order chi connectivity index (χ0) is 11.4. The van der Waals surface area contributed by atoms with E-state index in [0.29, 0.717) is 5.41 Å². The zero-order valence-corrected chi connectivity index (χ0v) is 10.6. The standard InChI is InChI=1S/C14H24N2/c1-14(2)6-3-12(4-7-14)9-16-11-13-5-8-15-10-13/h5,8,10,12,15-16H,3-4,6-7,9,11H2,1-2H3. The second kappa shape index (κ2) is 5.05. The maximum Gasteiger partial charge on any atom is 0.0220 e. The number of hydrogen-bond donors (Lipinski definition) is 2. The van der Waals surface area contributed by atoms with Crippen LogP contribution in [0.3, 0.4) is 0 Å². The van der Waals surface area contributed by atoms with Crippen molar-refractivity contribution in [3.63, 3.8) is 0 Å². The number of aromatic amines is 1. The van der Waals surface area contributed by atoms with Crippen LogP contribution in [0.4, 0.5) is 0 Å². The summed E-state index contributed by atoms with van der Waals surface area (Å²) in [6, 6.07) is 2.14. The minimum atomic E-state index is 0.594. The van der Waals surface area contributed by atoms with Crippen molar-refractivity contribution in [2.75, 3.05) is 6.54 Å². The Bertz CT molecular complexity index is 291. The lowest BCUT2D eigenvalue weighted by molar-refractivity contribution is 0.188. The van der Waals surface area contributed by atoms with E-state index in [0.717, 1.165) is 12.5 Å². The van der Waals surface area contributed by atoms with E-state index in [4.69, 9.17) is 0 Å². The summed E-state index contributed by atoms with van der Waals surface area (Å²) in [6.07, 6.45) is 9.63. The van der Waals surface area contributed by atoms with Gasteiger partial charge in [0, 0.05) is 18.9 Å². The lowest BCUT2D eigenvalue weighted by Crippen LogP contribution is -2.28. The number of nitrogens with one attached hydrogen (secondary N) is 2. The minimum absolute atomic E-state index is 0.594. The predicted molar refractivity (Wildman–Crippen MR) is 68.2 cm³/mol. The van der Waals surface area contributed by atoms with Gasteiger partial charge in [-0.15, -0.1) is 0 Å². The van der Waals surface area contributed by atoms with Gasteiger partial charge >= 0.3 is 0 Å². The molecule has 2 rings (SSSR count). The average Bonchev–Trinajstić information content (AvgIpc) is 2.73. The molecule has 1 aliphatic carbocycles. The van der Waals surface area contributed by atoms with Crippen LogP contribution in [0.1, 0.15) is 45.1 Å². The highest BCUT2D eigenvalue weighted by Crippen LogP contribution is 2.37. The van der Waals surface area contributed by atoms with Crippen LogP contribution >= 0.6 is 0 Å². The monoisotopic (exact) mass is 220 g/mol. The Morgan fingerprint density at radius 3 is 2.75 bits per heavy atom. The summed E-state index contributed by atoms with van der Waals surface area (Å²) in [5, 5.41) is 3.56. The van der Waals surface area contributed by atoms with E-state index in [-0.39, 0.29) is 0 Å². The maximum absolute atomic E-state index is 3.56. The summed E-state index contributed by atoms with van der Waals surface area (Å²) >= 11 is 0. The van der Waals surface area contributed by atoms with Crippen molar-refractivity contribution in [3.05, 3.63) is 24.0 Å². The normalized spacial score (nSPS) is 21.1. The first-order chi connectivity index (χ1) is 7.66. The van der Waals surface area contributed by atoms with Gasteiger partial charge in [-0.1, -0.05) is 13.8 Å². The Balaban J connectivity index is 1.64. The topological polar surface area (TPSA) is 27.8 Å². The van der Waals surface area contributed by atoms with Crippen LogP contribution in [-0.4, -0.2) is 11.5 Å². The van der Waals surface area contributed by atoms with Crippen molar-refractivity contribution in [1.29, 1.82) is 0 Å². The van der Waals surface area contributed by atoms with E-state index in [1.165, 1.54) is 37.8 Å². The Kier molecular flexibility index (Phi) is 3.70. The van der Waals surface area contributed by atoms with Crippen LogP contribution in [0.15, 0.2) is 18.5 Å². The van der Waals surface area contributed by atoms with E-state index in [2.05, 4.69) is 36.4 Å². The van der Waals surface area contributed by atoms with Crippen molar-refractivity contribution in [2.45, 2.75) is 46.1 Å². The zero-order valence-electron chi connectivity index (χ0n) is 10.6. The molecule has 2 heteroatoms. The van der Waals surface area contributed by atoms with Gasteiger partial charge in [-0.25, -0.2) is 0 Å². The van der Waals surface area contributed by atoms with E-state index in [1.54, 1.807) is 0 Å². The molecule has 1 aromatic rings. The van der Waals surface area contributed by atoms with Crippen molar-refractivity contribution in [3.8, 4) is 0 Å². The summed E-state index contributed by atoms with van der Waals surface area (Å²) < 4.78 is 0. The van der Waals surface area contributed by atoms with Gasteiger partial charge in [-0.05, 0) is 55.2 Å². The molecule has 16 heavy (non-hydrogen) atoms. The molecule has 1 aromatic heterocycles. The third kappa shape index (κ3) is 3.38. The van der Waals surface area contributed by atoms with Crippen molar-refractivity contribution >= 4 is 0 Å². The number of hydrogen-bond acceptors (Lipinski definition) is 1. The number of rotatable bonds is 4. The van der Waals surface area contributed by atoms with Crippen molar-refractivity contribution < 1.29 is 0 Å². The smallest absolute Gasteiger partial charge is 0.0220 e. The first kappa shape index (κ1) is 11.7. The molecule has 1 heterocycles. The molecule has 0 bridgehead atoms. The highest BCUT2D eigenvalue weighted by atomic mass is 14.9. The molecule has 1 fully saturated rings. The molecule has 0 atom stereocenters. The second-order valence-corrected chi connectivity index (χ2v) is 5.96. The molecule has 0 radical (unpaired) electrons. The minimum Gasteiger partial charge on any atom is -0.367 e. The van der Waals surface area contributed by atoms with E-state index in [9.17, 15) is 0 Å². The molecular weight excluding hydrogens is 196 g/mol. The molecule has 0 amide bonds. The fourth-order valence-electron chi connectivity index (χ4n) is 2.55. The Morgan fingerprint density at radius 1 is 1.38 bits per heavy atom. The van der Waals surface area contributed by atoms with Gasteiger partial charge in [0.25, 0.3) is 0 Å². The van der Waals surface area contributed by atoms with Crippen LogP contribution in [0.5, 0.6) is 0 Å². The summed E-state index contributed by atoms with van der Waals surface area (Å²) in [4.78, 5) is 3.09. The molecule has 2 nitrogen and oxygen atoms in total. The molecule has 0 aromatic carbocycles. The van der Waals surface area contributed by atoms with Gasteiger partial charge in [-0.3, -0.25) is 0 Å². The molecular formula is C14H24N2. The summed E-state index contributed by atoms with van der Waals surface area (Å²) in [6.45, 7) is 6.98. The Hall–Kier alpha value is -0.760. The number of aromatic nitrogens is 1. The van der Waals surface area contributed by atoms with Gasteiger partial charge in [0.05, 0.1) is 0 Å². The third-order valence-corrected chi connectivity index (χ3v) is 3.88. The molecule has 1 saturated carbocycles. The highest BCUT2D eigenvalue weighted by molar-refractivity contribution is 5.07. The lowest BCUT2D eigenvalue weighted by Gasteiger charge is -2.34. The summed E-state index contributed by atoms with van der Waals surface area (Å²) in [5.41, 5.74) is 1.95. The first-order valence-electron chi connectivity index (χ1n) is 6.48. The SMILES string of the molecule is CC1(C)CCC(CNCc2cc[nH]c2)CC1. The lowest BCUT2D eigenvalue weighted by atomic mass is 9.73. The van der Waals surface area contributed by atoms with Gasteiger partial charge < -0.3 is 10.3 Å². The van der Waals surface area contributed by atoms with Gasteiger partial charge in [0.2, 0.25) is 0 Å². The van der Waals surface area contributed by atoms with E-state index < -0.39 is 0 Å². The molecule has 0 spiro atoms. The van der Waals surface area contributed by atoms with E-state index in [1.807, 2.05) is 6.20 Å².